The maximum atomic E-state index is 12.6. The van der Waals surface area contributed by atoms with Gasteiger partial charge < -0.3 is 0 Å². The molecule has 24 heavy (non-hydrogen) atoms. The van der Waals surface area contributed by atoms with E-state index in [2.05, 4.69) is 9.98 Å². The number of nitrogens with zero attached hydrogens (tertiary/aromatic N) is 3. The van der Waals surface area contributed by atoms with Gasteiger partial charge in [-0.05, 0) is 48.9 Å². The number of carbonyl (C=O) groups is 1. The van der Waals surface area contributed by atoms with Gasteiger partial charge in [0.2, 0.25) is 0 Å². The van der Waals surface area contributed by atoms with Gasteiger partial charge in [-0.25, -0.2) is 4.99 Å². The highest BCUT2D eigenvalue weighted by Gasteiger charge is 2.32. The molecule has 1 aliphatic rings. The van der Waals surface area contributed by atoms with Crippen molar-refractivity contribution in [2.75, 3.05) is 6.54 Å². The summed E-state index contributed by atoms with van der Waals surface area (Å²) in [6.45, 7) is 4.51. The summed E-state index contributed by atoms with van der Waals surface area (Å²) in [6.07, 6.45) is 5.09. The monoisotopic (exact) mass is 357 g/mol. The van der Waals surface area contributed by atoms with E-state index in [1.54, 1.807) is 23.4 Å². The zero-order valence-electron chi connectivity index (χ0n) is 13.4. The molecular weight excluding hydrogens is 342 g/mol. The van der Waals surface area contributed by atoms with Crippen molar-refractivity contribution >= 4 is 46.2 Å². The lowest BCUT2D eigenvalue weighted by atomic mass is 10.1. The average Bonchev–Trinajstić information content (AvgIpc) is 2.87. The smallest absolute Gasteiger partial charge is 0.266 e. The average molecular weight is 358 g/mol. The first kappa shape index (κ1) is 16.7. The van der Waals surface area contributed by atoms with Crippen molar-refractivity contribution in [1.29, 1.82) is 0 Å². The molecule has 2 heterocycles. The Hall–Kier alpha value is -2.11. The lowest BCUT2D eigenvalue weighted by Gasteiger charge is -2.12. The Morgan fingerprint density at radius 3 is 2.83 bits per heavy atom. The maximum absolute atomic E-state index is 12.6. The molecular formula is C18H16ClN3OS. The Bertz CT molecular complexity index is 848. The van der Waals surface area contributed by atoms with Crippen molar-refractivity contribution in [3.63, 3.8) is 0 Å². The highest BCUT2D eigenvalue weighted by molar-refractivity contribution is 8.18. The molecule has 0 N–H and O–H groups in total. The van der Waals surface area contributed by atoms with E-state index in [9.17, 15) is 4.79 Å². The molecule has 1 saturated heterocycles. The number of amidine groups is 1. The van der Waals surface area contributed by atoms with Crippen molar-refractivity contribution in [1.82, 2.24) is 9.88 Å². The lowest BCUT2D eigenvalue weighted by molar-refractivity contribution is -0.122. The first-order chi connectivity index (χ1) is 11.6. The number of thioether (sulfide) groups is 1. The van der Waals surface area contributed by atoms with Crippen molar-refractivity contribution < 1.29 is 4.79 Å². The van der Waals surface area contributed by atoms with Gasteiger partial charge in [0.1, 0.15) is 0 Å². The number of benzene rings is 1. The number of amides is 1. The Labute approximate surface area is 150 Å². The standard InChI is InChI=1S/C18H16ClN3OS/c1-3-22-17(23)16(10-13-7-5-4-6-12(13)2)24-18(22)21-15-8-9-20-11-14(15)19/h4-11H,3H2,1-2H3/b16-10-,21-18?. The molecule has 1 fully saturated rings. The van der Waals surface area contributed by atoms with E-state index < -0.39 is 0 Å². The van der Waals surface area contributed by atoms with Crippen LogP contribution in [0.15, 0.2) is 52.6 Å². The zero-order valence-corrected chi connectivity index (χ0v) is 14.9. The lowest BCUT2D eigenvalue weighted by Crippen LogP contribution is -2.28. The van der Waals surface area contributed by atoms with Crippen LogP contribution in [0.4, 0.5) is 5.69 Å². The molecule has 1 aliphatic heterocycles. The quantitative estimate of drug-likeness (QED) is 0.750. The second-order valence-electron chi connectivity index (χ2n) is 5.24. The van der Waals surface area contributed by atoms with Crippen LogP contribution in [0.2, 0.25) is 5.02 Å². The summed E-state index contributed by atoms with van der Waals surface area (Å²) in [4.78, 5) is 23.5. The molecule has 2 aromatic rings. The Morgan fingerprint density at radius 1 is 1.33 bits per heavy atom. The number of aliphatic imine (C=N–C) groups is 1. The topological polar surface area (TPSA) is 45.6 Å². The number of halogens is 1. The van der Waals surface area contributed by atoms with E-state index in [-0.39, 0.29) is 5.91 Å². The fraction of sp³-hybridized carbons (Fsp3) is 0.167. The van der Waals surface area contributed by atoms with Crippen LogP contribution in [0, 0.1) is 6.92 Å². The van der Waals surface area contributed by atoms with Gasteiger partial charge in [-0.2, -0.15) is 0 Å². The summed E-state index contributed by atoms with van der Waals surface area (Å²) in [5.41, 5.74) is 2.77. The van der Waals surface area contributed by atoms with E-state index in [1.807, 2.05) is 44.2 Å². The largest absolute Gasteiger partial charge is 0.287 e. The fourth-order valence-electron chi connectivity index (χ4n) is 2.32. The maximum Gasteiger partial charge on any atom is 0.266 e. The normalized spacial score (nSPS) is 18.0. The molecule has 122 valence electrons. The van der Waals surface area contributed by atoms with E-state index in [0.717, 1.165) is 11.1 Å². The number of aryl methyl sites for hydroxylation is 1. The third kappa shape index (κ3) is 3.37. The summed E-state index contributed by atoms with van der Waals surface area (Å²) in [7, 11) is 0. The number of likely N-dealkylation sites (N-methyl/N-ethyl adjacent to an activating group) is 1. The molecule has 0 saturated carbocycles. The van der Waals surface area contributed by atoms with Crippen LogP contribution in [0.1, 0.15) is 18.1 Å². The third-order valence-electron chi connectivity index (χ3n) is 3.65. The highest BCUT2D eigenvalue weighted by atomic mass is 35.5. The molecule has 0 aliphatic carbocycles. The van der Waals surface area contributed by atoms with Gasteiger partial charge in [0, 0.05) is 18.9 Å². The highest BCUT2D eigenvalue weighted by Crippen LogP contribution is 2.35. The Kier molecular flexibility index (Phi) is 5.02. The fourth-order valence-corrected chi connectivity index (χ4v) is 3.53. The van der Waals surface area contributed by atoms with Crippen molar-refractivity contribution in [3.05, 3.63) is 63.8 Å². The molecule has 0 bridgehead atoms. The molecule has 6 heteroatoms. The predicted octanol–water partition coefficient (Wildman–Crippen LogP) is 4.67. The van der Waals surface area contributed by atoms with Crippen LogP contribution < -0.4 is 0 Å². The van der Waals surface area contributed by atoms with Crippen LogP contribution >= 0.6 is 23.4 Å². The van der Waals surface area contributed by atoms with Gasteiger partial charge in [0.15, 0.2) is 5.17 Å². The van der Waals surface area contributed by atoms with Gasteiger partial charge >= 0.3 is 0 Å². The molecule has 0 radical (unpaired) electrons. The second kappa shape index (κ2) is 7.20. The van der Waals surface area contributed by atoms with Crippen LogP contribution in [-0.4, -0.2) is 27.5 Å². The first-order valence-corrected chi connectivity index (χ1v) is 8.75. The molecule has 1 aromatic heterocycles. The first-order valence-electron chi connectivity index (χ1n) is 7.55. The number of hydrogen-bond acceptors (Lipinski definition) is 4. The van der Waals surface area contributed by atoms with Crippen molar-refractivity contribution in [2.45, 2.75) is 13.8 Å². The molecule has 1 amide bonds. The summed E-state index contributed by atoms with van der Waals surface area (Å²) in [6, 6.07) is 9.71. The second-order valence-corrected chi connectivity index (χ2v) is 6.65. The van der Waals surface area contributed by atoms with E-state index in [1.165, 1.54) is 11.8 Å². The minimum atomic E-state index is -0.0327. The van der Waals surface area contributed by atoms with Gasteiger partial charge in [-0.3, -0.25) is 14.7 Å². The minimum absolute atomic E-state index is 0.0327. The molecule has 0 spiro atoms. The van der Waals surface area contributed by atoms with E-state index in [4.69, 9.17) is 11.6 Å². The predicted molar refractivity (Wildman–Crippen MR) is 100 cm³/mol. The van der Waals surface area contributed by atoms with Gasteiger partial charge in [0.05, 0.1) is 15.6 Å². The molecule has 0 unspecified atom stereocenters. The number of carbonyl (C=O) groups excluding carboxylic acids is 1. The number of rotatable bonds is 3. The summed E-state index contributed by atoms with van der Waals surface area (Å²) in [5.74, 6) is -0.0327. The van der Waals surface area contributed by atoms with Crippen LogP contribution in [0.3, 0.4) is 0 Å². The zero-order chi connectivity index (χ0) is 17.1. The number of hydrogen-bond donors (Lipinski definition) is 0. The molecule has 0 atom stereocenters. The third-order valence-corrected chi connectivity index (χ3v) is 4.94. The summed E-state index contributed by atoms with van der Waals surface area (Å²) in [5, 5.41) is 1.10. The Morgan fingerprint density at radius 2 is 2.12 bits per heavy atom. The summed E-state index contributed by atoms with van der Waals surface area (Å²) < 4.78 is 0. The Balaban J connectivity index is 1.98. The van der Waals surface area contributed by atoms with Crippen LogP contribution in [0.25, 0.3) is 6.08 Å². The number of aromatic nitrogens is 1. The van der Waals surface area contributed by atoms with Crippen molar-refractivity contribution in [3.8, 4) is 0 Å². The van der Waals surface area contributed by atoms with E-state index >= 15 is 0 Å². The molecule has 3 rings (SSSR count). The van der Waals surface area contributed by atoms with Crippen molar-refractivity contribution in [2.24, 2.45) is 4.99 Å². The van der Waals surface area contributed by atoms with Crippen LogP contribution in [0.5, 0.6) is 0 Å². The SMILES string of the molecule is CCN1C(=O)/C(=C/c2ccccc2C)SC1=Nc1ccncc1Cl. The van der Waals surface area contributed by atoms with Gasteiger partial charge in [-0.1, -0.05) is 35.9 Å². The van der Waals surface area contributed by atoms with E-state index in [0.29, 0.717) is 27.3 Å². The molecule has 1 aromatic carbocycles. The summed E-state index contributed by atoms with van der Waals surface area (Å²) >= 11 is 7.49. The van der Waals surface area contributed by atoms with Gasteiger partial charge in [0.25, 0.3) is 5.91 Å². The van der Waals surface area contributed by atoms with Crippen LogP contribution in [-0.2, 0) is 4.79 Å². The van der Waals surface area contributed by atoms with Gasteiger partial charge in [-0.15, -0.1) is 0 Å². The minimum Gasteiger partial charge on any atom is -0.287 e. The molecule has 4 nitrogen and oxygen atoms in total. The number of pyridine rings is 1.